The topological polar surface area (TPSA) is 35.5 Å². The highest BCUT2D eigenvalue weighted by molar-refractivity contribution is 6.09. The Bertz CT molecular complexity index is 641. The first-order valence-corrected chi connectivity index (χ1v) is 6.34. The molecule has 4 heteroatoms. The van der Waals surface area contributed by atoms with Crippen molar-refractivity contribution in [2.24, 2.45) is 0 Å². The first-order chi connectivity index (χ1) is 10.1. The average molecular weight is 286 g/mol. The molecule has 2 rings (SSSR count). The minimum Gasteiger partial charge on any atom is -0.497 e. The summed E-state index contributed by atoms with van der Waals surface area (Å²) < 4.78 is 24.3. The zero-order chi connectivity index (χ0) is 15.2. The molecule has 3 nitrogen and oxygen atoms in total. The fraction of sp³-hybridized carbons (Fsp3) is 0.118. The van der Waals surface area contributed by atoms with Crippen LogP contribution in [0, 0.1) is 0 Å². The molecule has 0 fully saturated rings. The number of hydrogen-bond acceptors (Lipinski definition) is 3. The number of benzene rings is 2. The molecule has 0 aliphatic carbocycles. The van der Waals surface area contributed by atoms with Crippen molar-refractivity contribution in [2.75, 3.05) is 14.2 Å². The van der Waals surface area contributed by atoms with Crippen LogP contribution < -0.4 is 9.47 Å². The fourth-order valence-electron chi connectivity index (χ4n) is 1.85. The number of carbonyl (C=O) groups excluding carboxylic acids is 1. The highest BCUT2D eigenvalue weighted by Crippen LogP contribution is 2.24. The van der Waals surface area contributed by atoms with Gasteiger partial charge in [0.2, 0.25) is 5.78 Å². The van der Waals surface area contributed by atoms with E-state index in [0.29, 0.717) is 22.6 Å². The number of methoxy groups -OCH3 is 2. The van der Waals surface area contributed by atoms with E-state index < -0.39 is 11.6 Å². The van der Waals surface area contributed by atoms with Gasteiger partial charge in [0.1, 0.15) is 11.5 Å². The highest BCUT2D eigenvalue weighted by atomic mass is 19.1. The predicted molar refractivity (Wildman–Crippen MR) is 79.4 cm³/mol. The Labute approximate surface area is 122 Å². The van der Waals surface area contributed by atoms with E-state index in [1.165, 1.54) is 20.3 Å². The van der Waals surface area contributed by atoms with Gasteiger partial charge in [0.05, 0.1) is 14.2 Å². The molecule has 2 aromatic carbocycles. The molecule has 0 N–H and O–H groups in total. The van der Waals surface area contributed by atoms with E-state index in [1.807, 2.05) is 0 Å². The number of ether oxygens (including phenoxy) is 2. The number of hydrogen-bond donors (Lipinski definition) is 0. The van der Waals surface area contributed by atoms with Crippen LogP contribution in [0.4, 0.5) is 4.39 Å². The molecule has 21 heavy (non-hydrogen) atoms. The minimum absolute atomic E-state index is 0.307. The maximum absolute atomic E-state index is 14.1. The van der Waals surface area contributed by atoms with Crippen molar-refractivity contribution < 1.29 is 18.7 Å². The quantitative estimate of drug-likeness (QED) is 0.617. The lowest BCUT2D eigenvalue weighted by molar-refractivity contribution is 0.101. The van der Waals surface area contributed by atoms with Crippen molar-refractivity contribution >= 4 is 11.9 Å². The van der Waals surface area contributed by atoms with Crippen LogP contribution >= 0.6 is 0 Å². The molecular weight excluding hydrogens is 271 g/mol. The number of Topliss-reactive ketones (excluding diaryl/α,β-unsaturated/α-hetero) is 1. The molecule has 0 aliphatic rings. The number of rotatable bonds is 5. The third-order valence-electron chi connectivity index (χ3n) is 2.92. The van der Waals surface area contributed by atoms with Crippen molar-refractivity contribution in [1.29, 1.82) is 0 Å². The molecule has 0 atom stereocenters. The maximum Gasteiger partial charge on any atom is 0.221 e. The van der Waals surface area contributed by atoms with Gasteiger partial charge in [-0.3, -0.25) is 4.79 Å². The summed E-state index contributed by atoms with van der Waals surface area (Å²) in [6.45, 7) is 0. The van der Waals surface area contributed by atoms with E-state index >= 15 is 0 Å². The first-order valence-electron chi connectivity index (χ1n) is 6.34. The Hall–Kier alpha value is -2.62. The van der Waals surface area contributed by atoms with Gasteiger partial charge < -0.3 is 9.47 Å². The van der Waals surface area contributed by atoms with Crippen molar-refractivity contribution in [3.05, 3.63) is 65.5 Å². The van der Waals surface area contributed by atoms with Crippen LogP contribution in [-0.2, 0) is 0 Å². The van der Waals surface area contributed by atoms with Gasteiger partial charge >= 0.3 is 0 Å². The number of ketones is 1. The molecule has 0 aliphatic heterocycles. The largest absolute Gasteiger partial charge is 0.497 e. The molecule has 0 saturated carbocycles. The van der Waals surface area contributed by atoms with E-state index in [9.17, 15) is 9.18 Å². The monoisotopic (exact) mass is 286 g/mol. The lowest BCUT2D eigenvalue weighted by Gasteiger charge is -2.06. The molecule has 2 aromatic rings. The predicted octanol–water partition coefficient (Wildman–Crippen LogP) is 3.90. The van der Waals surface area contributed by atoms with Gasteiger partial charge in [-0.05, 0) is 23.8 Å². The SMILES string of the molecule is COc1cc(C=C(F)C(=O)c2ccccc2)cc(OC)c1. The van der Waals surface area contributed by atoms with Crippen LogP contribution in [0.15, 0.2) is 54.4 Å². The average Bonchev–Trinajstić information content (AvgIpc) is 2.54. The summed E-state index contributed by atoms with van der Waals surface area (Å²) in [5, 5.41) is 0. The Kier molecular flexibility index (Phi) is 4.72. The van der Waals surface area contributed by atoms with E-state index in [1.54, 1.807) is 48.5 Å². The fourth-order valence-corrected chi connectivity index (χ4v) is 1.85. The van der Waals surface area contributed by atoms with E-state index in [4.69, 9.17) is 9.47 Å². The normalized spacial score (nSPS) is 11.1. The van der Waals surface area contributed by atoms with E-state index in [-0.39, 0.29) is 0 Å². The summed E-state index contributed by atoms with van der Waals surface area (Å²) in [6.07, 6.45) is 1.17. The summed E-state index contributed by atoms with van der Waals surface area (Å²) in [5.41, 5.74) is 0.800. The van der Waals surface area contributed by atoms with E-state index in [2.05, 4.69) is 0 Å². The Balaban J connectivity index is 2.32. The number of halogens is 1. The number of allylic oxidation sites excluding steroid dienone is 1. The molecule has 0 aromatic heterocycles. The summed E-state index contributed by atoms with van der Waals surface area (Å²) >= 11 is 0. The number of carbonyl (C=O) groups is 1. The molecule has 0 spiro atoms. The van der Waals surface area contributed by atoms with Crippen LogP contribution in [0.25, 0.3) is 6.08 Å². The van der Waals surface area contributed by atoms with Crippen LogP contribution in [0.2, 0.25) is 0 Å². The smallest absolute Gasteiger partial charge is 0.221 e. The summed E-state index contributed by atoms with van der Waals surface area (Å²) in [4.78, 5) is 12.0. The molecule has 0 heterocycles. The molecule has 0 saturated heterocycles. The van der Waals surface area contributed by atoms with Gasteiger partial charge in [-0.1, -0.05) is 30.3 Å². The van der Waals surface area contributed by atoms with Crippen molar-refractivity contribution in [3.63, 3.8) is 0 Å². The lowest BCUT2D eigenvalue weighted by atomic mass is 10.1. The van der Waals surface area contributed by atoms with Gasteiger partial charge in [-0.15, -0.1) is 0 Å². The van der Waals surface area contributed by atoms with Gasteiger partial charge in [-0.2, -0.15) is 0 Å². The first kappa shape index (κ1) is 14.8. The lowest BCUT2D eigenvalue weighted by Crippen LogP contribution is -1.99. The van der Waals surface area contributed by atoms with Crippen molar-refractivity contribution in [1.82, 2.24) is 0 Å². The standard InChI is InChI=1S/C17H15FO3/c1-20-14-8-12(9-15(11-14)21-2)10-16(18)17(19)13-6-4-3-5-7-13/h3-11H,1-2H3. The summed E-state index contributed by atoms with van der Waals surface area (Å²) in [6, 6.07) is 13.2. The van der Waals surface area contributed by atoms with Gasteiger partial charge in [0.15, 0.2) is 5.83 Å². The van der Waals surface area contributed by atoms with Crippen molar-refractivity contribution in [3.8, 4) is 11.5 Å². The second kappa shape index (κ2) is 6.70. The third-order valence-corrected chi connectivity index (χ3v) is 2.92. The Morgan fingerprint density at radius 2 is 1.57 bits per heavy atom. The molecule has 0 unspecified atom stereocenters. The summed E-state index contributed by atoms with van der Waals surface area (Å²) in [5.74, 6) is -0.435. The summed E-state index contributed by atoms with van der Waals surface area (Å²) in [7, 11) is 3.02. The van der Waals surface area contributed by atoms with Gasteiger partial charge in [0.25, 0.3) is 0 Å². The molecule has 0 amide bonds. The van der Waals surface area contributed by atoms with E-state index in [0.717, 1.165) is 0 Å². The third kappa shape index (κ3) is 3.69. The van der Waals surface area contributed by atoms with Gasteiger partial charge in [0, 0.05) is 11.6 Å². The zero-order valence-corrected chi connectivity index (χ0v) is 11.8. The molecule has 0 radical (unpaired) electrons. The van der Waals surface area contributed by atoms with Crippen LogP contribution in [0.5, 0.6) is 11.5 Å². The van der Waals surface area contributed by atoms with Crippen molar-refractivity contribution in [2.45, 2.75) is 0 Å². The zero-order valence-electron chi connectivity index (χ0n) is 11.8. The second-order valence-electron chi connectivity index (χ2n) is 4.33. The minimum atomic E-state index is -0.837. The molecule has 108 valence electrons. The van der Waals surface area contributed by atoms with Crippen LogP contribution in [-0.4, -0.2) is 20.0 Å². The van der Waals surface area contributed by atoms with Gasteiger partial charge in [-0.25, -0.2) is 4.39 Å². The van der Waals surface area contributed by atoms with Crippen LogP contribution in [0.3, 0.4) is 0 Å². The molecule has 0 bridgehead atoms. The Morgan fingerprint density at radius 3 is 2.10 bits per heavy atom. The highest BCUT2D eigenvalue weighted by Gasteiger charge is 2.12. The van der Waals surface area contributed by atoms with Crippen LogP contribution in [0.1, 0.15) is 15.9 Å². The Morgan fingerprint density at radius 1 is 1.00 bits per heavy atom. The second-order valence-corrected chi connectivity index (χ2v) is 4.33. The molecular formula is C17H15FO3. The maximum atomic E-state index is 14.1.